The summed E-state index contributed by atoms with van der Waals surface area (Å²) in [4.78, 5) is 0. The minimum Gasteiger partial charge on any atom is -0.397 e. The third-order valence-corrected chi connectivity index (χ3v) is 1.10. The lowest BCUT2D eigenvalue weighted by molar-refractivity contribution is 0.202. The molecule has 0 amide bonds. The van der Waals surface area contributed by atoms with E-state index in [1.807, 2.05) is 0 Å². The normalized spacial score (nSPS) is 11.7. The van der Waals surface area contributed by atoms with Crippen molar-refractivity contribution in [2.24, 2.45) is 11.5 Å². The highest BCUT2D eigenvalue weighted by Gasteiger charge is 1.99. The highest BCUT2D eigenvalue weighted by atomic mass is 32.1. The Morgan fingerprint density at radius 3 is 2.20 bits per heavy atom. The van der Waals surface area contributed by atoms with E-state index in [9.17, 15) is 0 Å². The first-order valence-electron chi connectivity index (χ1n) is 2.43. The average Bonchev–Trinajstić information content (AvgIpc) is 1.88. The van der Waals surface area contributed by atoms with Crippen LogP contribution >= 0.6 is 12.2 Å². The zero-order valence-electron chi connectivity index (χ0n) is 5.29. The predicted octanol–water partition coefficient (Wildman–Crippen LogP) is -0.392. The number of hydrogen-bond donors (Lipinski definition) is 4. The number of thiocarbonyl (C=S) groups is 1. The topological polar surface area (TPSA) is 84.3 Å². The van der Waals surface area contributed by atoms with Gasteiger partial charge in [-0.25, -0.2) is 0 Å². The molecule has 0 aromatic carbocycles. The molecule has 4 nitrogen and oxygen atoms in total. The van der Waals surface area contributed by atoms with Crippen molar-refractivity contribution in [3.63, 3.8) is 0 Å². The molecule has 0 fully saturated rings. The molecule has 0 spiro atoms. The van der Waals surface area contributed by atoms with Gasteiger partial charge in [0, 0.05) is 5.37 Å². The maximum absolute atomic E-state index is 8.40. The minimum absolute atomic E-state index is 0.140. The van der Waals surface area contributed by atoms with E-state index >= 15 is 0 Å². The molecule has 0 unspecified atom stereocenters. The Hall–Kier alpha value is -1.07. The number of nitrogens with two attached hydrogens (primary N) is 2. The minimum atomic E-state index is 0.140. The van der Waals surface area contributed by atoms with Gasteiger partial charge in [-0.3, -0.25) is 10.7 Å². The van der Waals surface area contributed by atoms with E-state index in [2.05, 4.69) is 18.8 Å². The van der Waals surface area contributed by atoms with Crippen LogP contribution in [-0.4, -0.2) is 10.6 Å². The fraction of sp³-hybridized carbons (Fsp3) is 0. The van der Waals surface area contributed by atoms with Gasteiger partial charge in [0.1, 0.15) is 5.70 Å². The fourth-order valence-electron chi connectivity index (χ4n) is 0.381. The number of allylic oxidation sites excluding steroid dienone is 1. The molecule has 0 aromatic heterocycles. The summed E-state index contributed by atoms with van der Waals surface area (Å²) in [7, 11) is 0. The van der Waals surface area contributed by atoms with Gasteiger partial charge in [0.2, 0.25) is 0 Å². The van der Waals surface area contributed by atoms with Crippen molar-refractivity contribution in [3.05, 3.63) is 23.7 Å². The molecule has 0 saturated heterocycles. The first-order chi connectivity index (χ1) is 4.63. The first kappa shape index (κ1) is 8.93. The van der Waals surface area contributed by atoms with Crippen molar-refractivity contribution >= 4 is 17.6 Å². The van der Waals surface area contributed by atoms with E-state index in [1.165, 1.54) is 5.37 Å². The van der Waals surface area contributed by atoms with Crippen molar-refractivity contribution < 1.29 is 5.21 Å². The second-order valence-electron chi connectivity index (χ2n) is 1.59. The SMILES string of the molecule is C=C(N)C(NO)=C(N)C=S. The molecular formula is C5H9N3OS. The maximum Gasteiger partial charge on any atom is 0.106 e. The molecule has 10 heavy (non-hydrogen) atoms. The lowest BCUT2D eigenvalue weighted by atomic mass is 10.3. The zero-order chi connectivity index (χ0) is 8.15. The molecule has 0 saturated carbocycles. The molecule has 0 heterocycles. The van der Waals surface area contributed by atoms with E-state index < -0.39 is 0 Å². The van der Waals surface area contributed by atoms with Crippen LogP contribution < -0.4 is 16.9 Å². The molecule has 0 aliphatic rings. The Morgan fingerprint density at radius 1 is 1.60 bits per heavy atom. The summed E-state index contributed by atoms with van der Waals surface area (Å²) in [5.41, 5.74) is 12.7. The molecule has 5 heteroatoms. The van der Waals surface area contributed by atoms with Crippen molar-refractivity contribution in [3.8, 4) is 0 Å². The average molecular weight is 159 g/mol. The summed E-state index contributed by atoms with van der Waals surface area (Å²) in [5.74, 6) is 0. The summed E-state index contributed by atoms with van der Waals surface area (Å²) in [6.45, 7) is 3.35. The first-order valence-corrected chi connectivity index (χ1v) is 2.90. The van der Waals surface area contributed by atoms with Gasteiger partial charge in [-0.2, -0.15) is 0 Å². The van der Waals surface area contributed by atoms with E-state index in [-0.39, 0.29) is 17.1 Å². The molecule has 56 valence electrons. The largest absolute Gasteiger partial charge is 0.397 e. The fourth-order valence-corrected chi connectivity index (χ4v) is 0.499. The molecule has 0 atom stereocenters. The predicted molar refractivity (Wildman–Crippen MR) is 43.1 cm³/mol. The summed E-state index contributed by atoms with van der Waals surface area (Å²) >= 11 is 4.48. The summed E-state index contributed by atoms with van der Waals surface area (Å²) in [6, 6.07) is 0. The van der Waals surface area contributed by atoms with E-state index in [1.54, 1.807) is 5.48 Å². The van der Waals surface area contributed by atoms with E-state index in [4.69, 9.17) is 16.7 Å². The van der Waals surface area contributed by atoms with Crippen LogP contribution in [0.5, 0.6) is 0 Å². The van der Waals surface area contributed by atoms with Gasteiger partial charge in [0.15, 0.2) is 0 Å². The van der Waals surface area contributed by atoms with Gasteiger partial charge in [0.25, 0.3) is 0 Å². The maximum atomic E-state index is 8.40. The Kier molecular flexibility index (Phi) is 3.45. The van der Waals surface area contributed by atoms with Gasteiger partial charge in [-0.15, -0.1) is 0 Å². The Morgan fingerprint density at radius 2 is 2.10 bits per heavy atom. The highest BCUT2D eigenvalue weighted by Crippen LogP contribution is 1.97. The highest BCUT2D eigenvalue weighted by molar-refractivity contribution is 7.79. The molecule has 0 aliphatic heterocycles. The van der Waals surface area contributed by atoms with Crippen LogP contribution in [-0.2, 0) is 0 Å². The Labute approximate surface area is 64.2 Å². The van der Waals surface area contributed by atoms with Gasteiger partial charge in [-0.05, 0) is 0 Å². The van der Waals surface area contributed by atoms with Crippen LogP contribution in [0.25, 0.3) is 0 Å². The third-order valence-electron chi connectivity index (χ3n) is 0.849. The Balaban J connectivity index is 4.62. The summed E-state index contributed by atoms with van der Waals surface area (Å²) in [6.07, 6.45) is 0. The molecule has 0 aromatic rings. The summed E-state index contributed by atoms with van der Waals surface area (Å²) < 4.78 is 0. The monoisotopic (exact) mass is 159 g/mol. The second kappa shape index (κ2) is 3.86. The van der Waals surface area contributed by atoms with Gasteiger partial charge >= 0.3 is 0 Å². The van der Waals surface area contributed by atoms with Crippen LogP contribution in [0.1, 0.15) is 0 Å². The van der Waals surface area contributed by atoms with Crippen LogP contribution in [0, 0.1) is 0 Å². The third kappa shape index (κ3) is 2.04. The van der Waals surface area contributed by atoms with Gasteiger partial charge in [-0.1, -0.05) is 18.8 Å². The van der Waals surface area contributed by atoms with Crippen molar-refractivity contribution in [2.75, 3.05) is 0 Å². The standard InChI is InChI=1S/C5H9N3OS/c1-3(6)5(8-9)4(7)2-10/h2,8-9H,1,6-7H2. The number of hydrogen-bond acceptors (Lipinski definition) is 5. The number of hydroxylamine groups is 1. The Bertz CT molecular complexity index is 187. The molecule has 0 radical (unpaired) electrons. The molecule has 0 bridgehead atoms. The molecule has 0 aliphatic carbocycles. The van der Waals surface area contributed by atoms with Crippen molar-refractivity contribution in [1.29, 1.82) is 0 Å². The van der Waals surface area contributed by atoms with Crippen molar-refractivity contribution in [2.45, 2.75) is 0 Å². The van der Waals surface area contributed by atoms with E-state index in [0.717, 1.165) is 0 Å². The van der Waals surface area contributed by atoms with Crippen LogP contribution in [0.4, 0.5) is 0 Å². The molecular weight excluding hydrogens is 150 g/mol. The zero-order valence-corrected chi connectivity index (χ0v) is 6.11. The van der Waals surface area contributed by atoms with Gasteiger partial charge < -0.3 is 11.5 Å². The smallest absolute Gasteiger partial charge is 0.106 e. The lowest BCUT2D eigenvalue weighted by Crippen LogP contribution is -2.20. The van der Waals surface area contributed by atoms with Crippen LogP contribution in [0.15, 0.2) is 23.7 Å². The summed E-state index contributed by atoms with van der Waals surface area (Å²) in [5, 5.41) is 9.59. The van der Waals surface area contributed by atoms with Crippen LogP contribution in [0.2, 0.25) is 0 Å². The molecule has 6 N–H and O–H groups in total. The van der Waals surface area contributed by atoms with Crippen LogP contribution in [0.3, 0.4) is 0 Å². The number of rotatable bonds is 3. The lowest BCUT2D eigenvalue weighted by Gasteiger charge is -2.05. The van der Waals surface area contributed by atoms with E-state index in [0.29, 0.717) is 0 Å². The van der Waals surface area contributed by atoms with Gasteiger partial charge in [0.05, 0.1) is 11.4 Å². The quantitative estimate of drug-likeness (QED) is 0.195. The second-order valence-corrected chi connectivity index (χ2v) is 1.82. The molecule has 0 rings (SSSR count). The van der Waals surface area contributed by atoms with Crippen molar-refractivity contribution in [1.82, 2.24) is 5.48 Å². The number of nitrogens with one attached hydrogen (secondary N) is 1.